The monoisotopic (exact) mass is 323 g/mol. The molecule has 6 nitrogen and oxygen atoms in total. The summed E-state index contributed by atoms with van der Waals surface area (Å²) in [6, 6.07) is 2.11. The third kappa shape index (κ3) is 5.31. The molecule has 1 aliphatic heterocycles. The molecule has 0 aliphatic carbocycles. The van der Waals surface area contributed by atoms with Gasteiger partial charge in [0.15, 0.2) is 5.96 Å². The normalized spacial score (nSPS) is 16.6. The van der Waals surface area contributed by atoms with Gasteiger partial charge in [0.2, 0.25) is 5.91 Å². The molecule has 22 heavy (non-hydrogen) atoms. The number of piperazine rings is 1. The van der Waals surface area contributed by atoms with Gasteiger partial charge in [0.1, 0.15) is 0 Å². The molecule has 1 aromatic heterocycles. The number of aliphatic imine (C=N–C) groups is 1. The molecule has 1 aromatic rings. The molecule has 0 bridgehead atoms. The first-order chi connectivity index (χ1) is 10.7. The lowest BCUT2D eigenvalue weighted by molar-refractivity contribution is -0.130. The molecule has 122 valence electrons. The minimum atomic E-state index is 0.177. The summed E-state index contributed by atoms with van der Waals surface area (Å²) in [7, 11) is 1.79. The van der Waals surface area contributed by atoms with E-state index in [2.05, 4.69) is 37.4 Å². The molecule has 0 atom stereocenters. The fourth-order valence-electron chi connectivity index (χ4n) is 2.42. The Balaban J connectivity index is 1.62. The van der Waals surface area contributed by atoms with Crippen molar-refractivity contribution in [1.82, 2.24) is 20.4 Å². The number of hydrogen-bond acceptors (Lipinski definition) is 4. The molecule has 1 amide bonds. The Bertz CT molecular complexity index is 480. The minimum Gasteiger partial charge on any atom is -0.355 e. The summed E-state index contributed by atoms with van der Waals surface area (Å²) in [5.41, 5.74) is 1.27. The van der Waals surface area contributed by atoms with Crippen LogP contribution >= 0.6 is 11.3 Å². The fourth-order valence-corrected chi connectivity index (χ4v) is 3.09. The first-order valence-corrected chi connectivity index (χ1v) is 8.57. The van der Waals surface area contributed by atoms with Gasteiger partial charge < -0.3 is 15.5 Å². The maximum atomic E-state index is 11.3. The van der Waals surface area contributed by atoms with Crippen LogP contribution < -0.4 is 10.6 Å². The first kappa shape index (κ1) is 16.8. The largest absolute Gasteiger partial charge is 0.355 e. The van der Waals surface area contributed by atoms with Crippen molar-refractivity contribution in [2.75, 3.05) is 46.3 Å². The minimum absolute atomic E-state index is 0.177. The lowest BCUT2D eigenvalue weighted by Gasteiger charge is -2.34. The number of hydrogen-bond donors (Lipinski definition) is 2. The Labute approximate surface area is 136 Å². The van der Waals surface area contributed by atoms with E-state index in [1.54, 1.807) is 25.3 Å². The SMILES string of the molecule is CN=C(NCCN1CCN(C(C)=O)CC1)NCc1ccsc1. The molecule has 0 saturated carbocycles. The summed E-state index contributed by atoms with van der Waals surface area (Å²) in [5.74, 6) is 1.00. The van der Waals surface area contributed by atoms with E-state index in [-0.39, 0.29) is 5.91 Å². The van der Waals surface area contributed by atoms with Crippen LogP contribution in [0.2, 0.25) is 0 Å². The molecule has 1 fully saturated rings. The summed E-state index contributed by atoms with van der Waals surface area (Å²) < 4.78 is 0. The number of amides is 1. The van der Waals surface area contributed by atoms with Gasteiger partial charge in [-0.1, -0.05) is 0 Å². The van der Waals surface area contributed by atoms with Gasteiger partial charge in [-0.3, -0.25) is 14.7 Å². The van der Waals surface area contributed by atoms with Gasteiger partial charge in [-0.25, -0.2) is 0 Å². The van der Waals surface area contributed by atoms with Gasteiger partial charge >= 0.3 is 0 Å². The average Bonchev–Trinajstić information content (AvgIpc) is 3.04. The summed E-state index contributed by atoms with van der Waals surface area (Å²) >= 11 is 1.70. The van der Waals surface area contributed by atoms with Crippen LogP contribution in [0.5, 0.6) is 0 Å². The van der Waals surface area contributed by atoms with Crippen LogP contribution in [-0.4, -0.2) is 68.0 Å². The number of rotatable bonds is 5. The number of guanidine groups is 1. The average molecular weight is 323 g/mol. The second-order valence-electron chi connectivity index (χ2n) is 5.33. The lowest BCUT2D eigenvalue weighted by Crippen LogP contribution is -2.50. The van der Waals surface area contributed by atoms with E-state index in [0.717, 1.165) is 51.8 Å². The standard InChI is InChI=1S/C15H25N5OS/c1-13(21)20-8-6-19(7-9-20)5-4-17-15(16-2)18-11-14-3-10-22-12-14/h3,10,12H,4-9,11H2,1-2H3,(H2,16,17,18). The summed E-state index contributed by atoms with van der Waals surface area (Å²) in [6.07, 6.45) is 0. The molecule has 2 heterocycles. The lowest BCUT2D eigenvalue weighted by atomic mass is 10.3. The van der Waals surface area contributed by atoms with Gasteiger partial charge in [0, 0.05) is 59.8 Å². The van der Waals surface area contributed by atoms with Crippen LogP contribution in [0.15, 0.2) is 21.8 Å². The molecule has 2 rings (SSSR count). The van der Waals surface area contributed by atoms with Gasteiger partial charge in [0.05, 0.1) is 0 Å². The third-order valence-corrected chi connectivity index (χ3v) is 4.53. The van der Waals surface area contributed by atoms with Crippen molar-refractivity contribution in [3.8, 4) is 0 Å². The van der Waals surface area contributed by atoms with E-state index in [0.29, 0.717) is 0 Å². The molecule has 0 unspecified atom stereocenters. The maximum absolute atomic E-state index is 11.3. The van der Waals surface area contributed by atoms with E-state index < -0.39 is 0 Å². The molecule has 1 aliphatic rings. The molecule has 0 spiro atoms. The van der Waals surface area contributed by atoms with Gasteiger partial charge in [-0.05, 0) is 22.4 Å². The van der Waals surface area contributed by atoms with Crippen molar-refractivity contribution >= 4 is 23.2 Å². The first-order valence-electron chi connectivity index (χ1n) is 7.62. The van der Waals surface area contributed by atoms with E-state index in [1.165, 1.54) is 5.56 Å². The van der Waals surface area contributed by atoms with Crippen molar-refractivity contribution in [3.63, 3.8) is 0 Å². The van der Waals surface area contributed by atoms with Crippen LogP contribution in [0.3, 0.4) is 0 Å². The zero-order valence-corrected chi connectivity index (χ0v) is 14.2. The summed E-state index contributed by atoms with van der Waals surface area (Å²) in [6.45, 7) is 7.81. The van der Waals surface area contributed by atoms with Crippen molar-refractivity contribution in [2.24, 2.45) is 4.99 Å². The highest BCUT2D eigenvalue weighted by Crippen LogP contribution is 2.04. The number of carbonyl (C=O) groups is 1. The summed E-state index contributed by atoms with van der Waals surface area (Å²) in [4.78, 5) is 19.8. The van der Waals surface area contributed by atoms with Gasteiger partial charge in [0.25, 0.3) is 0 Å². The maximum Gasteiger partial charge on any atom is 0.219 e. The Morgan fingerprint density at radius 1 is 1.32 bits per heavy atom. The van der Waals surface area contributed by atoms with E-state index in [4.69, 9.17) is 0 Å². The van der Waals surface area contributed by atoms with Crippen LogP contribution in [0.4, 0.5) is 0 Å². The van der Waals surface area contributed by atoms with Crippen molar-refractivity contribution in [3.05, 3.63) is 22.4 Å². The molecule has 7 heteroatoms. The van der Waals surface area contributed by atoms with Gasteiger partial charge in [-0.15, -0.1) is 0 Å². The van der Waals surface area contributed by atoms with E-state index >= 15 is 0 Å². The summed E-state index contributed by atoms with van der Waals surface area (Å²) in [5, 5.41) is 10.8. The second-order valence-corrected chi connectivity index (χ2v) is 6.11. The number of nitrogens with zero attached hydrogens (tertiary/aromatic N) is 3. The quantitative estimate of drug-likeness (QED) is 0.615. The Morgan fingerprint density at radius 3 is 2.68 bits per heavy atom. The molecule has 1 saturated heterocycles. The van der Waals surface area contributed by atoms with Gasteiger partial charge in [-0.2, -0.15) is 11.3 Å². The van der Waals surface area contributed by atoms with Crippen LogP contribution in [0.25, 0.3) is 0 Å². The number of nitrogens with one attached hydrogen (secondary N) is 2. The van der Waals surface area contributed by atoms with Crippen LogP contribution in [-0.2, 0) is 11.3 Å². The molecular weight excluding hydrogens is 298 g/mol. The zero-order valence-electron chi connectivity index (χ0n) is 13.3. The molecular formula is C15H25N5OS. The Kier molecular flexibility index (Phi) is 6.67. The van der Waals surface area contributed by atoms with E-state index in [1.807, 2.05) is 4.90 Å². The zero-order chi connectivity index (χ0) is 15.8. The van der Waals surface area contributed by atoms with Crippen molar-refractivity contribution in [2.45, 2.75) is 13.5 Å². The second kappa shape index (κ2) is 8.75. The van der Waals surface area contributed by atoms with Crippen LogP contribution in [0, 0.1) is 0 Å². The molecule has 2 N–H and O–H groups in total. The predicted molar refractivity (Wildman–Crippen MR) is 91.2 cm³/mol. The highest BCUT2D eigenvalue weighted by atomic mass is 32.1. The van der Waals surface area contributed by atoms with Crippen LogP contribution in [0.1, 0.15) is 12.5 Å². The van der Waals surface area contributed by atoms with E-state index in [9.17, 15) is 4.79 Å². The van der Waals surface area contributed by atoms with Crippen molar-refractivity contribution in [1.29, 1.82) is 0 Å². The number of thiophene rings is 1. The molecule has 0 radical (unpaired) electrons. The smallest absolute Gasteiger partial charge is 0.219 e. The predicted octanol–water partition coefficient (Wildman–Crippen LogP) is 0.577. The topological polar surface area (TPSA) is 60.0 Å². The highest BCUT2D eigenvalue weighted by Gasteiger charge is 2.17. The fraction of sp³-hybridized carbons (Fsp3) is 0.600. The highest BCUT2D eigenvalue weighted by molar-refractivity contribution is 7.07. The molecule has 0 aromatic carbocycles. The Morgan fingerprint density at radius 2 is 2.09 bits per heavy atom. The van der Waals surface area contributed by atoms with Crippen molar-refractivity contribution < 1.29 is 4.79 Å². The Hall–Kier alpha value is -1.60. The number of carbonyl (C=O) groups excluding carboxylic acids is 1. The third-order valence-electron chi connectivity index (χ3n) is 3.80.